The number of carboxylic acids is 1. The van der Waals surface area contributed by atoms with Crippen molar-refractivity contribution in [1.82, 2.24) is 10.2 Å². The molecule has 0 aromatic rings. The SMILES string of the molecule is CCNC(CN(C)CC1CC1C)C(=O)O. The normalized spacial score (nSPS) is 26.7. The largest absolute Gasteiger partial charge is 0.480 e. The van der Waals surface area contributed by atoms with Crippen molar-refractivity contribution in [2.45, 2.75) is 26.3 Å². The van der Waals surface area contributed by atoms with Crippen molar-refractivity contribution in [1.29, 1.82) is 0 Å². The molecule has 0 bridgehead atoms. The lowest BCUT2D eigenvalue weighted by Gasteiger charge is -2.21. The Balaban J connectivity index is 2.26. The first-order valence-electron chi connectivity index (χ1n) is 5.69. The van der Waals surface area contributed by atoms with Gasteiger partial charge in [-0.25, -0.2) is 0 Å². The molecule has 0 heterocycles. The summed E-state index contributed by atoms with van der Waals surface area (Å²) in [6, 6.07) is -0.436. The van der Waals surface area contributed by atoms with Crippen molar-refractivity contribution in [3.63, 3.8) is 0 Å². The van der Waals surface area contributed by atoms with Gasteiger partial charge in [0.05, 0.1) is 0 Å². The maximum atomic E-state index is 10.9. The second kappa shape index (κ2) is 5.47. The van der Waals surface area contributed by atoms with Gasteiger partial charge in [-0.1, -0.05) is 13.8 Å². The number of carbonyl (C=O) groups is 1. The molecular formula is C11H22N2O2. The van der Waals surface area contributed by atoms with Crippen molar-refractivity contribution in [2.24, 2.45) is 11.8 Å². The molecule has 0 spiro atoms. The second-order valence-electron chi connectivity index (χ2n) is 4.64. The summed E-state index contributed by atoms with van der Waals surface area (Å²) in [4.78, 5) is 13.0. The van der Waals surface area contributed by atoms with Gasteiger partial charge in [0.2, 0.25) is 0 Å². The lowest BCUT2D eigenvalue weighted by Crippen LogP contribution is -2.45. The number of hydrogen-bond donors (Lipinski definition) is 2. The molecule has 15 heavy (non-hydrogen) atoms. The molecule has 1 saturated carbocycles. The Kier molecular flexibility index (Phi) is 4.54. The van der Waals surface area contributed by atoms with Crippen LogP contribution in [0.1, 0.15) is 20.3 Å². The van der Waals surface area contributed by atoms with Gasteiger partial charge in [0.15, 0.2) is 0 Å². The van der Waals surface area contributed by atoms with Crippen LogP contribution in [0.4, 0.5) is 0 Å². The number of aliphatic carboxylic acids is 1. The molecule has 0 amide bonds. The summed E-state index contributed by atoms with van der Waals surface area (Å²) < 4.78 is 0. The lowest BCUT2D eigenvalue weighted by atomic mass is 10.2. The minimum absolute atomic E-state index is 0.436. The minimum atomic E-state index is -0.757. The number of likely N-dealkylation sites (N-methyl/N-ethyl adjacent to an activating group) is 2. The Morgan fingerprint density at radius 1 is 1.67 bits per heavy atom. The van der Waals surface area contributed by atoms with Gasteiger partial charge in [-0.15, -0.1) is 0 Å². The number of hydrogen-bond acceptors (Lipinski definition) is 3. The molecule has 0 aromatic heterocycles. The van der Waals surface area contributed by atoms with E-state index in [0.29, 0.717) is 13.1 Å². The fourth-order valence-electron chi connectivity index (χ4n) is 1.92. The first-order valence-corrected chi connectivity index (χ1v) is 5.69. The van der Waals surface area contributed by atoms with Gasteiger partial charge < -0.3 is 15.3 Å². The maximum Gasteiger partial charge on any atom is 0.322 e. The number of nitrogens with zero attached hydrogens (tertiary/aromatic N) is 1. The summed E-state index contributed by atoms with van der Waals surface area (Å²) in [6.45, 7) is 6.49. The average molecular weight is 214 g/mol. The second-order valence-corrected chi connectivity index (χ2v) is 4.64. The fourth-order valence-corrected chi connectivity index (χ4v) is 1.92. The molecule has 0 radical (unpaired) electrons. The Bertz CT molecular complexity index is 221. The van der Waals surface area contributed by atoms with E-state index in [0.717, 1.165) is 18.4 Å². The van der Waals surface area contributed by atoms with Gasteiger partial charge in [-0.05, 0) is 31.8 Å². The van der Waals surface area contributed by atoms with E-state index in [9.17, 15) is 4.79 Å². The Hall–Kier alpha value is -0.610. The monoisotopic (exact) mass is 214 g/mol. The molecule has 0 aliphatic heterocycles. The third-order valence-corrected chi connectivity index (χ3v) is 3.07. The van der Waals surface area contributed by atoms with Gasteiger partial charge in [0, 0.05) is 13.1 Å². The van der Waals surface area contributed by atoms with Crippen LogP contribution in [0.5, 0.6) is 0 Å². The molecule has 0 aromatic carbocycles. The molecule has 1 aliphatic carbocycles. The third kappa shape index (κ3) is 4.18. The molecule has 4 heteroatoms. The summed E-state index contributed by atoms with van der Waals surface area (Å²) in [5.74, 6) is 0.855. The number of carboxylic acid groups (broad SMARTS) is 1. The summed E-state index contributed by atoms with van der Waals surface area (Å²) in [7, 11) is 2.00. The van der Waals surface area contributed by atoms with E-state index in [-0.39, 0.29) is 0 Å². The van der Waals surface area contributed by atoms with E-state index in [1.165, 1.54) is 6.42 Å². The Morgan fingerprint density at radius 2 is 2.27 bits per heavy atom. The van der Waals surface area contributed by atoms with Crippen LogP contribution in [0, 0.1) is 11.8 Å². The highest BCUT2D eigenvalue weighted by molar-refractivity contribution is 5.73. The van der Waals surface area contributed by atoms with Crippen LogP contribution in [0.3, 0.4) is 0 Å². The van der Waals surface area contributed by atoms with Gasteiger partial charge in [0.1, 0.15) is 6.04 Å². The van der Waals surface area contributed by atoms with Crippen molar-refractivity contribution in [3.05, 3.63) is 0 Å². The fraction of sp³-hybridized carbons (Fsp3) is 0.909. The van der Waals surface area contributed by atoms with E-state index in [1.807, 2.05) is 14.0 Å². The topological polar surface area (TPSA) is 52.6 Å². The zero-order chi connectivity index (χ0) is 11.4. The molecule has 4 nitrogen and oxygen atoms in total. The van der Waals surface area contributed by atoms with Gasteiger partial charge >= 0.3 is 5.97 Å². The standard InChI is InChI=1S/C11H22N2O2/c1-4-12-10(11(14)15)7-13(3)6-9-5-8(9)2/h8-10,12H,4-7H2,1-3H3,(H,14,15). The molecular weight excluding hydrogens is 192 g/mol. The number of rotatable bonds is 7. The van der Waals surface area contributed by atoms with Crippen molar-refractivity contribution in [2.75, 3.05) is 26.7 Å². The first-order chi connectivity index (χ1) is 7.04. The van der Waals surface area contributed by atoms with Crippen LogP contribution in [0.2, 0.25) is 0 Å². The van der Waals surface area contributed by atoms with Crippen LogP contribution in [-0.2, 0) is 4.79 Å². The summed E-state index contributed by atoms with van der Waals surface area (Å²) in [6.07, 6.45) is 1.29. The van der Waals surface area contributed by atoms with Crippen LogP contribution >= 0.6 is 0 Å². The Morgan fingerprint density at radius 3 is 2.67 bits per heavy atom. The van der Waals surface area contributed by atoms with Gasteiger partial charge in [-0.2, -0.15) is 0 Å². The van der Waals surface area contributed by atoms with Crippen molar-refractivity contribution in [3.8, 4) is 0 Å². The quantitative estimate of drug-likeness (QED) is 0.653. The van der Waals surface area contributed by atoms with E-state index in [4.69, 9.17) is 5.11 Å². The first kappa shape index (κ1) is 12.5. The molecule has 2 N–H and O–H groups in total. The van der Waals surface area contributed by atoms with Gasteiger partial charge in [0.25, 0.3) is 0 Å². The van der Waals surface area contributed by atoms with Gasteiger partial charge in [-0.3, -0.25) is 4.79 Å². The molecule has 88 valence electrons. The highest BCUT2D eigenvalue weighted by Gasteiger charge is 2.33. The van der Waals surface area contributed by atoms with Crippen molar-refractivity contribution < 1.29 is 9.90 Å². The smallest absolute Gasteiger partial charge is 0.322 e. The summed E-state index contributed by atoms with van der Waals surface area (Å²) >= 11 is 0. The summed E-state index contributed by atoms with van der Waals surface area (Å²) in [5, 5.41) is 11.9. The van der Waals surface area contributed by atoms with E-state index in [1.54, 1.807) is 0 Å². The molecule has 3 atom stereocenters. The predicted molar refractivity (Wildman–Crippen MR) is 59.9 cm³/mol. The highest BCUT2D eigenvalue weighted by Crippen LogP contribution is 2.37. The van der Waals surface area contributed by atoms with Crippen LogP contribution in [0.15, 0.2) is 0 Å². The lowest BCUT2D eigenvalue weighted by molar-refractivity contribution is -0.139. The average Bonchev–Trinajstić information content (AvgIpc) is 2.80. The molecule has 1 aliphatic rings. The molecule has 0 saturated heterocycles. The predicted octanol–water partition coefficient (Wildman–Crippen LogP) is 0.637. The zero-order valence-electron chi connectivity index (χ0n) is 9.86. The van der Waals surface area contributed by atoms with Crippen LogP contribution in [0.25, 0.3) is 0 Å². The van der Waals surface area contributed by atoms with Crippen molar-refractivity contribution >= 4 is 5.97 Å². The van der Waals surface area contributed by atoms with E-state index < -0.39 is 12.0 Å². The van der Waals surface area contributed by atoms with Crippen LogP contribution < -0.4 is 5.32 Å². The molecule has 1 rings (SSSR count). The van der Waals surface area contributed by atoms with E-state index in [2.05, 4.69) is 17.1 Å². The summed E-state index contributed by atoms with van der Waals surface area (Å²) in [5.41, 5.74) is 0. The highest BCUT2D eigenvalue weighted by atomic mass is 16.4. The maximum absolute atomic E-state index is 10.9. The molecule has 1 fully saturated rings. The number of nitrogens with one attached hydrogen (secondary N) is 1. The van der Waals surface area contributed by atoms with E-state index >= 15 is 0 Å². The Labute approximate surface area is 91.6 Å². The zero-order valence-corrected chi connectivity index (χ0v) is 9.86. The molecule has 3 unspecified atom stereocenters. The third-order valence-electron chi connectivity index (χ3n) is 3.07. The minimum Gasteiger partial charge on any atom is -0.480 e. The van der Waals surface area contributed by atoms with Crippen LogP contribution in [-0.4, -0.2) is 48.7 Å².